The largest absolute Gasteiger partial charge is 0.327 e. The molecule has 3 aromatic rings. The van der Waals surface area contributed by atoms with E-state index in [9.17, 15) is 4.79 Å². The first-order valence-corrected chi connectivity index (χ1v) is 9.98. The molecule has 3 heterocycles. The van der Waals surface area contributed by atoms with Crippen LogP contribution in [0.2, 0.25) is 0 Å². The molecule has 1 fully saturated rings. The lowest BCUT2D eigenvalue weighted by atomic mass is 9.95. The monoisotopic (exact) mass is 390 g/mol. The van der Waals surface area contributed by atoms with Gasteiger partial charge >= 0.3 is 6.03 Å². The molecule has 2 amide bonds. The van der Waals surface area contributed by atoms with Gasteiger partial charge in [0.05, 0.1) is 6.04 Å². The molecule has 7 heteroatoms. The Hall–Kier alpha value is -3.22. The van der Waals surface area contributed by atoms with Gasteiger partial charge in [-0.05, 0) is 48.6 Å². The number of nitrogens with zero attached hydrogens (tertiary/aromatic N) is 5. The van der Waals surface area contributed by atoms with Crippen molar-refractivity contribution in [3.63, 3.8) is 0 Å². The Balaban J connectivity index is 1.48. The van der Waals surface area contributed by atoms with Crippen molar-refractivity contribution in [1.82, 2.24) is 30.0 Å². The average molecular weight is 390 g/mol. The van der Waals surface area contributed by atoms with E-state index in [-0.39, 0.29) is 12.1 Å². The van der Waals surface area contributed by atoms with Crippen LogP contribution in [0.15, 0.2) is 55.1 Å². The molecule has 1 atom stereocenters. The Kier molecular flexibility index (Phi) is 5.55. The molecule has 1 unspecified atom stereocenters. The molecule has 150 valence electrons. The summed E-state index contributed by atoms with van der Waals surface area (Å²) < 4.78 is 1.97. The highest BCUT2D eigenvalue weighted by Gasteiger charge is 2.28. The van der Waals surface area contributed by atoms with E-state index >= 15 is 0 Å². The van der Waals surface area contributed by atoms with E-state index in [1.165, 1.54) is 0 Å². The van der Waals surface area contributed by atoms with Crippen LogP contribution in [0, 0.1) is 6.92 Å². The van der Waals surface area contributed by atoms with Gasteiger partial charge in [0.15, 0.2) is 0 Å². The van der Waals surface area contributed by atoms with Crippen molar-refractivity contribution in [2.45, 2.75) is 31.7 Å². The fourth-order valence-electron chi connectivity index (χ4n) is 4.02. The number of urea groups is 1. The summed E-state index contributed by atoms with van der Waals surface area (Å²) in [6, 6.07) is 11.8. The number of carbonyl (C=O) groups is 1. The molecule has 0 bridgehead atoms. The molecule has 0 spiro atoms. The van der Waals surface area contributed by atoms with Crippen LogP contribution in [0.5, 0.6) is 0 Å². The standard InChI is InChI=1S/C22H26N6O/c1-16-5-3-4-6-19(16)20(17-7-11-23-12-8-17)25-22(29)28-13-9-18(10-14-28)21-26-24-15-27(21)2/h3-8,11-12,15,18,20H,9-10,13-14H2,1-2H3,(H,25,29). The van der Waals surface area contributed by atoms with Gasteiger partial charge in [-0.25, -0.2) is 4.79 Å². The van der Waals surface area contributed by atoms with Crippen molar-refractivity contribution < 1.29 is 4.79 Å². The quantitative estimate of drug-likeness (QED) is 0.742. The number of pyridine rings is 1. The van der Waals surface area contributed by atoms with Crippen LogP contribution in [0.25, 0.3) is 0 Å². The zero-order valence-corrected chi connectivity index (χ0v) is 16.8. The highest BCUT2D eigenvalue weighted by molar-refractivity contribution is 5.75. The molecule has 1 N–H and O–H groups in total. The first kappa shape index (κ1) is 19.1. The first-order valence-electron chi connectivity index (χ1n) is 9.98. The van der Waals surface area contributed by atoms with Crippen molar-refractivity contribution in [3.8, 4) is 0 Å². The van der Waals surface area contributed by atoms with E-state index < -0.39 is 0 Å². The zero-order chi connectivity index (χ0) is 20.2. The summed E-state index contributed by atoms with van der Waals surface area (Å²) in [7, 11) is 1.97. The third kappa shape index (κ3) is 4.13. The second kappa shape index (κ2) is 8.43. The molecule has 1 aliphatic heterocycles. The molecule has 1 aliphatic rings. The topological polar surface area (TPSA) is 75.9 Å². The number of nitrogens with one attached hydrogen (secondary N) is 1. The maximum atomic E-state index is 13.1. The van der Waals surface area contributed by atoms with Gasteiger partial charge in [-0.15, -0.1) is 10.2 Å². The minimum absolute atomic E-state index is 0.0357. The van der Waals surface area contributed by atoms with Crippen LogP contribution in [-0.2, 0) is 7.05 Å². The van der Waals surface area contributed by atoms with E-state index in [0.29, 0.717) is 19.0 Å². The minimum Gasteiger partial charge on any atom is -0.327 e. The highest BCUT2D eigenvalue weighted by Crippen LogP contribution is 2.28. The molecule has 0 aliphatic carbocycles. The summed E-state index contributed by atoms with van der Waals surface area (Å²) in [5.41, 5.74) is 3.27. The summed E-state index contributed by atoms with van der Waals surface area (Å²) in [6.07, 6.45) is 7.04. The highest BCUT2D eigenvalue weighted by atomic mass is 16.2. The van der Waals surface area contributed by atoms with E-state index in [4.69, 9.17) is 0 Å². The lowest BCUT2D eigenvalue weighted by Crippen LogP contribution is -2.45. The minimum atomic E-state index is -0.205. The fourth-order valence-corrected chi connectivity index (χ4v) is 4.02. The molecule has 29 heavy (non-hydrogen) atoms. The number of carbonyl (C=O) groups excluding carboxylic acids is 1. The molecule has 0 radical (unpaired) electrons. The maximum absolute atomic E-state index is 13.1. The Bertz CT molecular complexity index is 962. The number of rotatable bonds is 4. The molecular weight excluding hydrogens is 364 g/mol. The summed E-state index contributed by atoms with van der Waals surface area (Å²) in [6.45, 7) is 3.49. The van der Waals surface area contributed by atoms with E-state index in [0.717, 1.165) is 35.4 Å². The summed E-state index contributed by atoms with van der Waals surface area (Å²) >= 11 is 0. The number of hydrogen-bond donors (Lipinski definition) is 1. The lowest BCUT2D eigenvalue weighted by Gasteiger charge is -2.33. The van der Waals surface area contributed by atoms with Gasteiger partial charge in [0, 0.05) is 38.4 Å². The van der Waals surface area contributed by atoms with Gasteiger partial charge in [0.25, 0.3) is 0 Å². The predicted molar refractivity (Wildman–Crippen MR) is 110 cm³/mol. The van der Waals surface area contributed by atoms with Gasteiger partial charge in [-0.3, -0.25) is 4.98 Å². The fraction of sp³-hybridized carbons (Fsp3) is 0.364. The van der Waals surface area contributed by atoms with E-state index in [1.807, 2.05) is 40.8 Å². The van der Waals surface area contributed by atoms with Crippen molar-refractivity contribution >= 4 is 6.03 Å². The average Bonchev–Trinajstić information content (AvgIpc) is 3.19. The Morgan fingerprint density at radius 2 is 1.86 bits per heavy atom. The van der Waals surface area contributed by atoms with Gasteiger partial charge in [0.2, 0.25) is 0 Å². The van der Waals surface area contributed by atoms with Crippen LogP contribution in [0.3, 0.4) is 0 Å². The van der Waals surface area contributed by atoms with E-state index in [1.54, 1.807) is 18.7 Å². The molecule has 2 aromatic heterocycles. The number of amides is 2. The van der Waals surface area contributed by atoms with Crippen molar-refractivity contribution in [1.29, 1.82) is 0 Å². The SMILES string of the molecule is Cc1ccccc1C(NC(=O)N1CCC(c2nncn2C)CC1)c1ccncc1. The van der Waals surface area contributed by atoms with Crippen molar-refractivity contribution in [3.05, 3.63) is 77.6 Å². The lowest BCUT2D eigenvalue weighted by molar-refractivity contribution is 0.177. The number of piperidine rings is 1. The van der Waals surface area contributed by atoms with Crippen LogP contribution < -0.4 is 5.32 Å². The van der Waals surface area contributed by atoms with Crippen molar-refractivity contribution in [2.24, 2.45) is 7.05 Å². The Labute approximate surface area is 170 Å². The number of aromatic nitrogens is 4. The van der Waals surface area contributed by atoms with Crippen LogP contribution >= 0.6 is 0 Å². The second-order valence-corrected chi connectivity index (χ2v) is 7.58. The molecule has 7 nitrogen and oxygen atoms in total. The van der Waals surface area contributed by atoms with Crippen LogP contribution in [0.4, 0.5) is 4.79 Å². The Morgan fingerprint density at radius 1 is 1.14 bits per heavy atom. The predicted octanol–water partition coefficient (Wildman–Crippen LogP) is 3.20. The van der Waals surface area contributed by atoms with Crippen LogP contribution in [0.1, 0.15) is 47.3 Å². The molecule has 0 saturated carbocycles. The molecule has 1 saturated heterocycles. The van der Waals surface area contributed by atoms with Gasteiger partial charge in [0.1, 0.15) is 12.2 Å². The number of likely N-dealkylation sites (tertiary alicyclic amines) is 1. The van der Waals surface area contributed by atoms with Crippen molar-refractivity contribution in [2.75, 3.05) is 13.1 Å². The Morgan fingerprint density at radius 3 is 2.52 bits per heavy atom. The second-order valence-electron chi connectivity index (χ2n) is 7.58. The molecule has 4 rings (SSSR count). The van der Waals surface area contributed by atoms with Gasteiger partial charge in [-0.1, -0.05) is 24.3 Å². The molecule has 1 aromatic carbocycles. The smallest absolute Gasteiger partial charge is 0.318 e. The van der Waals surface area contributed by atoms with Gasteiger partial charge in [-0.2, -0.15) is 0 Å². The first-order chi connectivity index (χ1) is 14.1. The summed E-state index contributed by atoms with van der Waals surface area (Å²) in [5, 5.41) is 11.5. The summed E-state index contributed by atoms with van der Waals surface area (Å²) in [5.74, 6) is 1.35. The third-order valence-electron chi connectivity index (χ3n) is 5.70. The third-order valence-corrected chi connectivity index (χ3v) is 5.70. The molecular formula is C22H26N6O. The maximum Gasteiger partial charge on any atom is 0.318 e. The van der Waals surface area contributed by atoms with E-state index in [2.05, 4.69) is 39.6 Å². The van der Waals surface area contributed by atoms with Crippen LogP contribution in [-0.4, -0.2) is 43.8 Å². The number of benzene rings is 1. The summed E-state index contributed by atoms with van der Waals surface area (Å²) in [4.78, 5) is 19.1. The zero-order valence-electron chi connectivity index (χ0n) is 16.8. The number of aryl methyl sites for hydroxylation is 2. The normalized spacial score (nSPS) is 15.9. The number of hydrogen-bond acceptors (Lipinski definition) is 4. The van der Waals surface area contributed by atoms with Gasteiger partial charge < -0.3 is 14.8 Å².